The Labute approximate surface area is 201 Å². The van der Waals surface area contributed by atoms with Crippen LogP contribution < -0.4 is 5.73 Å². The zero-order chi connectivity index (χ0) is 26.0. The molecule has 3 atom stereocenters. The van der Waals surface area contributed by atoms with Crippen molar-refractivity contribution in [3.05, 3.63) is 42.0 Å². The summed E-state index contributed by atoms with van der Waals surface area (Å²) >= 11 is 0. The van der Waals surface area contributed by atoms with Crippen molar-refractivity contribution in [2.75, 3.05) is 25.4 Å². The molecule has 1 fully saturated rings. The van der Waals surface area contributed by atoms with Crippen LogP contribution >= 0.6 is 0 Å². The SMILES string of the molecule is CC(O)(C(=O)N1C[C@@H](N2CCc3ncc(-c4ccc5c(N)ncnn45)cc3C2=O)[C@@H](F)C1)C(F)(F)F. The standard InChI is InChI=1S/C22H21F4N7O3/c1-21(36,22(24,25)26)20(35)31-8-13(23)17(9-31)32-5-4-14-12(19(32)34)6-11(7-28-14)15-2-3-16-18(27)29-10-30-33(15)16/h2-3,6-7,10,13,17,36H,4-5,8-9H2,1H3,(H2,27,29,30)/t13-,17+,21?/m0/s1. The van der Waals surface area contributed by atoms with Crippen LogP contribution in [0.25, 0.3) is 16.8 Å². The van der Waals surface area contributed by atoms with Crippen LogP contribution in [0.5, 0.6) is 0 Å². The maximum absolute atomic E-state index is 14.9. The highest BCUT2D eigenvalue weighted by atomic mass is 19.4. The lowest BCUT2D eigenvalue weighted by Crippen LogP contribution is -2.56. The van der Waals surface area contributed by atoms with E-state index in [4.69, 9.17) is 5.73 Å². The highest BCUT2D eigenvalue weighted by Crippen LogP contribution is 2.34. The molecule has 10 nitrogen and oxygen atoms in total. The first-order chi connectivity index (χ1) is 16.9. The number of amides is 2. The third-order valence-electron chi connectivity index (χ3n) is 6.70. The second-order valence-corrected chi connectivity index (χ2v) is 8.99. The molecule has 14 heteroatoms. The summed E-state index contributed by atoms with van der Waals surface area (Å²) in [7, 11) is 0. The number of nitrogen functional groups attached to an aromatic ring is 1. The van der Waals surface area contributed by atoms with Crippen LogP contribution in [0.3, 0.4) is 0 Å². The van der Waals surface area contributed by atoms with Gasteiger partial charge in [0.1, 0.15) is 18.0 Å². The maximum atomic E-state index is 14.9. The summed E-state index contributed by atoms with van der Waals surface area (Å²) in [6.07, 6.45) is -3.85. The molecule has 3 aromatic rings. The minimum atomic E-state index is -5.23. The fourth-order valence-electron chi connectivity index (χ4n) is 4.62. The van der Waals surface area contributed by atoms with E-state index in [1.165, 1.54) is 11.2 Å². The van der Waals surface area contributed by atoms with Gasteiger partial charge in [0.25, 0.3) is 11.8 Å². The van der Waals surface area contributed by atoms with Crippen molar-refractivity contribution in [1.82, 2.24) is 29.4 Å². The van der Waals surface area contributed by atoms with Crippen molar-refractivity contribution in [2.45, 2.75) is 37.3 Å². The number of nitrogens with two attached hydrogens (primary N) is 1. The number of carbonyl (C=O) groups is 2. The Kier molecular flexibility index (Phi) is 5.39. The van der Waals surface area contributed by atoms with E-state index in [1.807, 2.05) is 0 Å². The first-order valence-electron chi connectivity index (χ1n) is 11.0. The average Bonchev–Trinajstić information content (AvgIpc) is 3.43. The van der Waals surface area contributed by atoms with Crippen molar-refractivity contribution in [2.24, 2.45) is 0 Å². The molecule has 0 radical (unpaired) electrons. The largest absolute Gasteiger partial charge is 0.426 e. The molecule has 0 aromatic carbocycles. The number of carbonyl (C=O) groups excluding carboxylic acids is 2. The van der Waals surface area contributed by atoms with Crippen molar-refractivity contribution in [3.8, 4) is 11.3 Å². The van der Waals surface area contributed by atoms with Gasteiger partial charge in [0.05, 0.1) is 29.5 Å². The van der Waals surface area contributed by atoms with Gasteiger partial charge in [-0.15, -0.1) is 0 Å². The number of likely N-dealkylation sites (tertiary alicyclic amines) is 1. The Hall–Kier alpha value is -3.81. The number of fused-ring (bicyclic) bond motifs is 2. The molecule has 190 valence electrons. The highest BCUT2D eigenvalue weighted by Gasteiger charge is 2.58. The van der Waals surface area contributed by atoms with Gasteiger partial charge in [-0.05, 0) is 25.1 Å². The number of hydrogen-bond donors (Lipinski definition) is 2. The van der Waals surface area contributed by atoms with Gasteiger partial charge in [0.2, 0.25) is 5.60 Å². The third kappa shape index (κ3) is 3.63. The van der Waals surface area contributed by atoms with E-state index in [9.17, 15) is 32.3 Å². The number of alkyl halides is 4. The van der Waals surface area contributed by atoms with Gasteiger partial charge in [0.15, 0.2) is 5.82 Å². The Morgan fingerprint density at radius 3 is 2.69 bits per heavy atom. The molecule has 1 saturated heterocycles. The number of aromatic nitrogens is 4. The Balaban J connectivity index is 1.41. The molecule has 3 aromatic heterocycles. The number of hydrogen-bond acceptors (Lipinski definition) is 7. The number of halogens is 4. The summed E-state index contributed by atoms with van der Waals surface area (Å²) in [5.74, 6) is -1.94. The number of nitrogens with zero attached hydrogens (tertiary/aromatic N) is 6. The lowest BCUT2D eigenvalue weighted by molar-refractivity contribution is -0.249. The third-order valence-corrected chi connectivity index (χ3v) is 6.70. The van der Waals surface area contributed by atoms with Gasteiger partial charge in [-0.2, -0.15) is 18.3 Å². The Bertz CT molecular complexity index is 1370. The summed E-state index contributed by atoms with van der Waals surface area (Å²) < 4.78 is 55.8. The van der Waals surface area contributed by atoms with Crippen LogP contribution in [0.2, 0.25) is 0 Å². The zero-order valence-electron chi connectivity index (χ0n) is 18.9. The number of pyridine rings is 1. The van der Waals surface area contributed by atoms with Crippen LogP contribution in [0.1, 0.15) is 23.0 Å². The van der Waals surface area contributed by atoms with Crippen molar-refractivity contribution in [3.63, 3.8) is 0 Å². The van der Waals surface area contributed by atoms with Crippen LogP contribution in [-0.4, -0.2) is 89.9 Å². The predicted molar refractivity (Wildman–Crippen MR) is 117 cm³/mol. The molecule has 5 rings (SSSR count). The lowest BCUT2D eigenvalue weighted by Gasteiger charge is -2.34. The molecule has 2 aliphatic rings. The molecule has 2 amide bonds. The van der Waals surface area contributed by atoms with Gasteiger partial charge in [-0.1, -0.05) is 0 Å². The molecule has 36 heavy (non-hydrogen) atoms. The van der Waals surface area contributed by atoms with E-state index < -0.39 is 48.9 Å². The molecular formula is C22H21F4N7O3. The Morgan fingerprint density at radius 1 is 1.22 bits per heavy atom. The molecule has 5 heterocycles. The molecule has 3 N–H and O–H groups in total. The van der Waals surface area contributed by atoms with E-state index in [2.05, 4.69) is 15.1 Å². The van der Waals surface area contributed by atoms with Crippen LogP contribution in [0, 0.1) is 0 Å². The monoisotopic (exact) mass is 507 g/mol. The fourth-order valence-corrected chi connectivity index (χ4v) is 4.62. The molecule has 1 unspecified atom stereocenters. The molecule has 0 aliphatic carbocycles. The van der Waals surface area contributed by atoms with Crippen LogP contribution in [0.4, 0.5) is 23.4 Å². The average molecular weight is 507 g/mol. The summed E-state index contributed by atoms with van der Waals surface area (Å²) in [5.41, 5.74) is 4.62. The lowest BCUT2D eigenvalue weighted by atomic mass is 9.99. The first kappa shape index (κ1) is 23.9. The van der Waals surface area contributed by atoms with Crippen molar-refractivity contribution >= 4 is 23.1 Å². The van der Waals surface area contributed by atoms with Crippen LogP contribution in [0.15, 0.2) is 30.7 Å². The zero-order valence-corrected chi connectivity index (χ0v) is 18.9. The smallest absolute Gasteiger partial charge is 0.382 e. The summed E-state index contributed by atoms with van der Waals surface area (Å²) in [6.45, 7) is -0.726. The number of anilines is 1. The summed E-state index contributed by atoms with van der Waals surface area (Å²) in [6, 6.07) is 3.88. The molecule has 0 saturated carbocycles. The van der Waals surface area contributed by atoms with E-state index in [-0.39, 0.29) is 17.9 Å². The van der Waals surface area contributed by atoms with Crippen molar-refractivity contribution in [1.29, 1.82) is 0 Å². The summed E-state index contributed by atoms with van der Waals surface area (Å²) in [5, 5.41) is 13.9. The number of rotatable bonds is 3. The Morgan fingerprint density at radius 2 is 1.97 bits per heavy atom. The van der Waals surface area contributed by atoms with Gasteiger partial charge < -0.3 is 20.6 Å². The van der Waals surface area contributed by atoms with Crippen molar-refractivity contribution < 1.29 is 32.3 Å². The van der Waals surface area contributed by atoms with E-state index in [0.29, 0.717) is 40.7 Å². The molecule has 2 aliphatic heterocycles. The van der Waals surface area contributed by atoms with Gasteiger partial charge in [-0.25, -0.2) is 13.9 Å². The minimum absolute atomic E-state index is 0.0821. The molecule has 0 spiro atoms. The minimum Gasteiger partial charge on any atom is -0.382 e. The van der Waals surface area contributed by atoms with Gasteiger partial charge >= 0.3 is 6.18 Å². The van der Waals surface area contributed by atoms with E-state index >= 15 is 0 Å². The van der Waals surface area contributed by atoms with Crippen LogP contribution in [-0.2, 0) is 11.2 Å². The normalized spacial score (nSPS) is 22.1. The fraction of sp³-hybridized carbons (Fsp3) is 0.409. The van der Waals surface area contributed by atoms with Gasteiger partial charge in [0, 0.05) is 31.3 Å². The molecule has 0 bridgehead atoms. The summed E-state index contributed by atoms with van der Waals surface area (Å²) in [4.78, 5) is 35.8. The van der Waals surface area contributed by atoms with Gasteiger partial charge in [-0.3, -0.25) is 14.6 Å². The maximum Gasteiger partial charge on any atom is 0.426 e. The first-order valence-corrected chi connectivity index (χ1v) is 11.0. The van der Waals surface area contributed by atoms with E-state index in [1.54, 1.807) is 28.9 Å². The highest BCUT2D eigenvalue weighted by molar-refractivity contribution is 5.98. The van der Waals surface area contributed by atoms with E-state index in [0.717, 1.165) is 0 Å². The number of aliphatic hydroxyl groups is 1. The second kappa shape index (κ2) is 8.11. The predicted octanol–water partition coefficient (Wildman–Crippen LogP) is 1.23. The quantitative estimate of drug-likeness (QED) is 0.510. The topological polar surface area (TPSA) is 130 Å². The second-order valence-electron chi connectivity index (χ2n) is 8.99. The molecular weight excluding hydrogens is 486 g/mol.